The van der Waals surface area contributed by atoms with Gasteiger partial charge in [0, 0.05) is 5.75 Å². The van der Waals surface area contributed by atoms with Gasteiger partial charge in [-0.25, -0.2) is 0 Å². The number of imide groups is 1. The third-order valence-electron chi connectivity index (χ3n) is 3.95. The van der Waals surface area contributed by atoms with Crippen molar-refractivity contribution in [3.8, 4) is 0 Å². The van der Waals surface area contributed by atoms with Gasteiger partial charge >= 0.3 is 0 Å². The summed E-state index contributed by atoms with van der Waals surface area (Å²) in [5.41, 5.74) is 0.644. The lowest BCUT2D eigenvalue weighted by molar-refractivity contribution is -0.119. The van der Waals surface area contributed by atoms with E-state index < -0.39 is 23.8 Å². The quantitative estimate of drug-likeness (QED) is 0.338. The first kappa shape index (κ1) is 18.5. The SMILES string of the molecule is CCCCSc1nnc(NC(=O)C(C)N2C(=O)c3ccccc3C2=O)s1. The molecule has 1 atom stereocenters. The number of benzene rings is 1. The number of hydrogen-bond acceptors (Lipinski definition) is 7. The van der Waals surface area contributed by atoms with Crippen LogP contribution >= 0.6 is 23.1 Å². The van der Waals surface area contributed by atoms with Crippen LogP contribution in [0.15, 0.2) is 28.6 Å². The zero-order chi connectivity index (χ0) is 18.7. The van der Waals surface area contributed by atoms with Crippen molar-refractivity contribution in [2.24, 2.45) is 0 Å². The van der Waals surface area contributed by atoms with E-state index in [1.165, 1.54) is 18.3 Å². The molecule has 0 saturated heterocycles. The molecule has 3 amide bonds. The van der Waals surface area contributed by atoms with E-state index in [1.54, 1.807) is 36.0 Å². The zero-order valence-corrected chi connectivity index (χ0v) is 16.0. The van der Waals surface area contributed by atoms with Crippen LogP contribution in [0.3, 0.4) is 0 Å². The Morgan fingerprint density at radius 2 is 1.88 bits per heavy atom. The van der Waals surface area contributed by atoms with E-state index in [-0.39, 0.29) is 0 Å². The Labute approximate surface area is 159 Å². The first-order valence-corrected chi connectivity index (χ1v) is 10.1. The lowest BCUT2D eigenvalue weighted by atomic mass is 10.1. The van der Waals surface area contributed by atoms with Crippen molar-refractivity contribution in [1.82, 2.24) is 15.1 Å². The highest BCUT2D eigenvalue weighted by atomic mass is 32.2. The van der Waals surface area contributed by atoms with Crippen LogP contribution in [0.5, 0.6) is 0 Å². The van der Waals surface area contributed by atoms with Crippen LogP contribution in [0, 0.1) is 0 Å². The van der Waals surface area contributed by atoms with Gasteiger partial charge in [-0.3, -0.25) is 24.6 Å². The molecule has 1 aromatic carbocycles. The number of amides is 3. The largest absolute Gasteiger partial charge is 0.299 e. The molecule has 3 rings (SSSR count). The number of nitrogens with zero attached hydrogens (tertiary/aromatic N) is 3. The normalized spacial score (nSPS) is 14.5. The van der Waals surface area contributed by atoms with Gasteiger partial charge in [-0.15, -0.1) is 10.2 Å². The molecule has 2 aromatic rings. The fourth-order valence-corrected chi connectivity index (χ4v) is 4.42. The minimum absolute atomic E-state index is 0.322. The van der Waals surface area contributed by atoms with Crippen molar-refractivity contribution < 1.29 is 14.4 Å². The van der Waals surface area contributed by atoms with Gasteiger partial charge in [-0.1, -0.05) is 48.6 Å². The summed E-state index contributed by atoms with van der Waals surface area (Å²) in [5.74, 6) is -0.437. The smallest absolute Gasteiger partial charge is 0.262 e. The van der Waals surface area contributed by atoms with Gasteiger partial charge in [-0.05, 0) is 25.5 Å². The minimum Gasteiger partial charge on any atom is -0.299 e. The highest BCUT2D eigenvalue weighted by molar-refractivity contribution is 8.01. The maximum Gasteiger partial charge on any atom is 0.262 e. The van der Waals surface area contributed by atoms with Gasteiger partial charge < -0.3 is 0 Å². The van der Waals surface area contributed by atoms with E-state index >= 15 is 0 Å². The predicted molar refractivity (Wildman–Crippen MR) is 101 cm³/mol. The summed E-state index contributed by atoms with van der Waals surface area (Å²) in [6, 6.07) is 5.62. The van der Waals surface area contributed by atoms with Crippen LogP contribution in [0.2, 0.25) is 0 Å². The van der Waals surface area contributed by atoms with Crippen LogP contribution in [-0.2, 0) is 4.79 Å². The molecule has 1 aromatic heterocycles. The Balaban J connectivity index is 1.66. The van der Waals surface area contributed by atoms with Crippen LogP contribution in [0.25, 0.3) is 0 Å². The van der Waals surface area contributed by atoms with Crippen LogP contribution < -0.4 is 5.32 Å². The molecule has 9 heteroatoms. The number of thioether (sulfide) groups is 1. The van der Waals surface area contributed by atoms with E-state index in [4.69, 9.17) is 0 Å². The Morgan fingerprint density at radius 1 is 1.23 bits per heavy atom. The van der Waals surface area contributed by atoms with E-state index in [2.05, 4.69) is 22.4 Å². The lowest BCUT2D eigenvalue weighted by Gasteiger charge is -2.20. The topological polar surface area (TPSA) is 92.3 Å². The van der Waals surface area contributed by atoms with Gasteiger partial charge in [0.2, 0.25) is 11.0 Å². The van der Waals surface area contributed by atoms with Crippen molar-refractivity contribution in [3.05, 3.63) is 35.4 Å². The fraction of sp³-hybridized carbons (Fsp3) is 0.353. The number of carbonyl (C=O) groups excluding carboxylic acids is 3. The summed E-state index contributed by atoms with van der Waals surface area (Å²) in [4.78, 5) is 38.4. The molecule has 136 valence electrons. The van der Waals surface area contributed by atoms with Gasteiger partial charge in [-0.2, -0.15) is 0 Å². The third-order valence-corrected chi connectivity index (χ3v) is 6.01. The van der Waals surface area contributed by atoms with E-state index in [1.807, 2.05) is 0 Å². The molecule has 0 fully saturated rings. The Bertz CT molecular complexity index is 817. The van der Waals surface area contributed by atoms with Crippen molar-refractivity contribution in [3.63, 3.8) is 0 Å². The summed E-state index contributed by atoms with van der Waals surface area (Å²) >= 11 is 2.87. The van der Waals surface area contributed by atoms with E-state index in [9.17, 15) is 14.4 Å². The van der Waals surface area contributed by atoms with Crippen LogP contribution in [0.4, 0.5) is 5.13 Å². The first-order chi connectivity index (χ1) is 12.5. The third kappa shape index (κ3) is 3.63. The molecular weight excluding hydrogens is 372 g/mol. The van der Waals surface area contributed by atoms with Crippen molar-refractivity contribution in [2.75, 3.05) is 11.1 Å². The molecule has 2 heterocycles. The van der Waals surface area contributed by atoms with Gasteiger partial charge in [0.25, 0.3) is 11.8 Å². The van der Waals surface area contributed by atoms with Crippen molar-refractivity contribution in [2.45, 2.75) is 37.1 Å². The second-order valence-electron chi connectivity index (χ2n) is 5.77. The summed E-state index contributed by atoms with van der Waals surface area (Å²) < 4.78 is 0.780. The maximum atomic E-state index is 12.5. The molecule has 1 aliphatic rings. The van der Waals surface area contributed by atoms with Crippen LogP contribution in [0.1, 0.15) is 47.4 Å². The minimum atomic E-state index is -0.942. The fourth-order valence-electron chi connectivity index (χ4n) is 2.51. The molecule has 0 spiro atoms. The number of unbranched alkanes of at least 4 members (excludes halogenated alkanes) is 1. The molecule has 26 heavy (non-hydrogen) atoms. The highest BCUT2D eigenvalue weighted by Gasteiger charge is 2.40. The maximum absolute atomic E-state index is 12.5. The van der Waals surface area contributed by atoms with Crippen molar-refractivity contribution >= 4 is 46.0 Å². The number of anilines is 1. The zero-order valence-electron chi connectivity index (χ0n) is 14.4. The Hall–Kier alpha value is -2.26. The van der Waals surface area contributed by atoms with Gasteiger partial charge in [0.15, 0.2) is 4.34 Å². The molecule has 1 unspecified atom stereocenters. The lowest BCUT2D eigenvalue weighted by Crippen LogP contribution is -2.45. The molecule has 0 saturated carbocycles. The summed E-state index contributed by atoms with van der Waals surface area (Å²) in [5, 5.41) is 11.0. The monoisotopic (exact) mass is 390 g/mol. The number of fused-ring (bicyclic) bond motifs is 1. The summed E-state index contributed by atoms with van der Waals surface area (Å²) in [6.45, 7) is 3.64. The first-order valence-electron chi connectivity index (χ1n) is 8.27. The van der Waals surface area contributed by atoms with E-state index in [0.717, 1.165) is 27.8 Å². The Morgan fingerprint density at radius 3 is 2.50 bits per heavy atom. The number of carbonyl (C=O) groups is 3. The Kier molecular flexibility index (Phi) is 5.67. The average molecular weight is 390 g/mol. The summed E-state index contributed by atoms with van der Waals surface area (Å²) in [6.07, 6.45) is 2.19. The highest BCUT2D eigenvalue weighted by Crippen LogP contribution is 2.28. The second-order valence-corrected chi connectivity index (χ2v) is 8.09. The molecule has 1 aliphatic heterocycles. The number of hydrogen-bond donors (Lipinski definition) is 1. The molecule has 0 aliphatic carbocycles. The molecule has 1 N–H and O–H groups in total. The predicted octanol–water partition coefficient (Wildman–Crippen LogP) is 3.05. The standard InChI is InChI=1S/C17H18N4O3S2/c1-3-4-9-25-17-20-19-16(26-17)18-13(22)10(2)21-14(23)11-7-5-6-8-12(11)15(21)24/h5-8,10H,3-4,9H2,1-2H3,(H,18,19,22). The van der Waals surface area contributed by atoms with Crippen LogP contribution in [-0.4, -0.2) is 44.6 Å². The van der Waals surface area contributed by atoms with Gasteiger partial charge in [0.1, 0.15) is 6.04 Å². The average Bonchev–Trinajstić information content (AvgIpc) is 3.18. The van der Waals surface area contributed by atoms with Crippen molar-refractivity contribution in [1.29, 1.82) is 0 Å². The number of nitrogens with one attached hydrogen (secondary N) is 1. The van der Waals surface area contributed by atoms with E-state index in [0.29, 0.717) is 16.3 Å². The number of rotatable bonds is 7. The number of aromatic nitrogens is 2. The molecule has 7 nitrogen and oxygen atoms in total. The summed E-state index contributed by atoms with van der Waals surface area (Å²) in [7, 11) is 0. The molecule has 0 radical (unpaired) electrons. The molecular formula is C17H18N4O3S2. The van der Waals surface area contributed by atoms with Gasteiger partial charge in [0.05, 0.1) is 11.1 Å². The second kappa shape index (κ2) is 7.96. The molecule has 0 bridgehead atoms.